The van der Waals surface area contributed by atoms with Gasteiger partial charge in [-0.15, -0.1) is 0 Å². The van der Waals surface area contributed by atoms with Gasteiger partial charge in [-0.3, -0.25) is 4.79 Å². The Labute approximate surface area is 63.0 Å². The van der Waals surface area contributed by atoms with Crippen molar-refractivity contribution in [1.82, 2.24) is 10.2 Å². The van der Waals surface area contributed by atoms with Gasteiger partial charge in [0.05, 0.1) is 6.10 Å². The molecule has 2 aliphatic rings. The Morgan fingerprint density at radius 2 is 2.27 bits per heavy atom. The molecule has 0 saturated carbocycles. The van der Waals surface area contributed by atoms with Crippen molar-refractivity contribution >= 4 is 11.9 Å². The molecule has 0 unspecified atom stereocenters. The fourth-order valence-corrected chi connectivity index (χ4v) is 1.49. The van der Waals surface area contributed by atoms with Gasteiger partial charge in [-0.25, -0.2) is 4.79 Å². The summed E-state index contributed by atoms with van der Waals surface area (Å²) in [5.41, 5.74) is 0. The first-order valence-corrected chi connectivity index (χ1v) is 3.43. The van der Waals surface area contributed by atoms with Gasteiger partial charge in [-0.2, -0.15) is 5.32 Å². The van der Waals surface area contributed by atoms with E-state index in [9.17, 15) is 9.59 Å². The minimum atomic E-state index is -0.552. The highest BCUT2D eigenvalue weighted by molar-refractivity contribution is 6.04. The van der Waals surface area contributed by atoms with Crippen LogP contribution in [0.25, 0.3) is 0 Å². The molecular weight excluding hydrogens is 148 g/mol. The number of aliphatic hydroxyl groups is 1. The van der Waals surface area contributed by atoms with Gasteiger partial charge in [0.1, 0.15) is 6.04 Å². The summed E-state index contributed by atoms with van der Waals surface area (Å²) in [7, 11) is 0. The molecule has 5 nitrogen and oxygen atoms in total. The van der Waals surface area contributed by atoms with Gasteiger partial charge in [0.25, 0.3) is 5.91 Å². The van der Waals surface area contributed by atoms with E-state index in [2.05, 4.69) is 5.32 Å². The average Bonchev–Trinajstić information content (AvgIpc) is 2.38. The number of urea groups is 1. The second-order valence-corrected chi connectivity index (χ2v) is 2.79. The van der Waals surface area contributed by atoms with Crippen LogP contribution in [0.1, 0.15) is 6.42 Å². The van der Waals surface area contributed by atoms with Crippen molar-refractivity contribution < 1.29 is 14.7 Å². The SMILES string of the molecule is O=C1[N]C(=O)N2C[C@H](O)C[C@@H]12. The van der Waals surface area contributed by atoms with Gasteiger partial charge < -0.3 is 10.0 Å². The van der Waals surface area contributed by atoms with Crippen LogP contribution in [0.15, 0.2) is 0 Å². The van der Waals surface area contributed by atoms with E-state index in [4.69, 9.17) is 5.11 Å². The number of amides is 3. The third-order valence-corrected chi connectivity index (χ3v) is 2.02. The third-order valence-electron chi connectivity index (χ3n) is 2.02. The smallest absolute Gasteiger partial charge is 0.347 e. The van der Waals surface area contributed by atoms with Crippen LogP contribution < -0.4 is 5.32 Å². The largest absolute Gasteiger partial charge is 0.391 e. The van der Waals surface area contributed by atoms with Gasteiger partial charge in [0.2, 0.25) is 0 Å². The first kappa shape index (κ1) is 6.60. The Kier molecular flexibility index (Phi) is 1.17. The number of hydrogen-bond donors (Lipinski definition) is 1. The lowest BCUT2D eigenvalue weighted by molar-refractivity contribution is -0.121. The summed E-state index contributed by atoms with van der Waals surface area (Å²) >= 11 is 0. The van der Waals surface area contributed by atoms with E-state index in [0.717, 1.165) is 0 Å². The van der Waals surface area contributed by atoms with Gasteiger partial charge in [-0.1, -0.05) is 0 Å². The molecule has 5 heteroatoms. The van der Waals surface area contributed by atoms with Crippen molar-refractivity contribution in [2.75, 3.05) is 6.54 Å². The molecule has 11 heavy (non-hydrogen) atoms. The zero-order valence-electron chi connectivity index (χ0n) is 5.73. The Balaban J connectivity index is 2.23. The van der Waals surface area contributed by atoms with Crippen molar-refractivity contribution in [2.45, 2.75) is 18.6 Å². The summed E-state index contributed by atoms with van der Waals surface area (Å²) in [6.07, 6.45) is -0.211. The number of fused-ring (bicyclic) bond motifs is 1. The molecule has 0 bridgehead atoms. The molecule has 2 aliphatic heterocycles. The highest BCUT2D eigenvalue weighted by Crippen LogP contribution is 2.22. The maximum absolute atomic E-state index is 10.9. The fraction of sp³-hybridized carbons (Fsp3) is 0.667. The van der Waals surface area contributed by atoms with Gasteiger partial charge in [0.15, 0.2) is 0 Å². The number of nitrogens with zero attached hydrogens (tertiary/aromatic N) is 2. The van der Waals surface area contributed by atoms with Crippen LogP contribution >= 0.6 is 0 Å². The monoisotopic (exact) mass is 155 g/mol. The van der Waals surface area contributed by atoms with E-state index in [1.165, 1.54) is 4.90 Å². The van der Waals surface area contributed by atoms with Gasteiger partial charge in [-0.05, 0) is 0 Å². The van der Waals surface area contributed by atoms with Crippen LogP contribution in [0, 0.1) is 0 Å². The van der Waals surface area contributed by atoms with Crippen molar-refractivity contribution in [1.29, 1.82) is 0 Å². The molecule has 0 spiro atoms. The average molecular weight is 155 g/mol. The number of hydrogen-bond acceptors (Lipinski definition) is 3. The fourth-order valence-electron chi connectivity index (χ4n) is 1.49. The maximum Gasteiger partial charge on any atom is 0.347 e. The van der Waals surface area contributed by atoms with Crippen LogP contribution in [0.4, 0.5) is 4.79 Å². The quantitative estimate of drug-likeness (QED) is 0.441. The van der Waals surface area contributed by atoms with Gasteiger partial charge in [0, 0.05) is 13.0 Å². The molecule has 1 radical (unpaired) electrons. The minimum absolute atomic E-state index is 0.249. The number of carbonyl (C=O) groups excluding carboxylic acids is 2. The van der Waals surface area contributed by atoms with Gasteiger partial charge >= 0.3 is 6.03 Å². The second-order valence-electron chi connectivity index (χ2n) is 2.79. The molecule has 0 aromatic rings. The third kappa shape index (κ3) is 0.808. The normalized spacial score (nSPS) is 35.9. The molecule has 2 heterocycles. The van der Waals surface area contributed by atoms with Crippen LogP contribution in [0.5, 0.6) is 0 Å². The first-order valence-electron chi connectivity index (χ1n) is 3.43. The summed E-state index contributed by atoms with van der Waals surface area (Å²) < 4.78 is 0. The van der Waals surface area contributed by atoms with Crippen molar-refractivity contribution in [3.8, 4) is 0 Å². The van der Waals surface area contributed by atoms with E-state index in [1.807, 2.05) is 0 Å². The number of aliphatic hydroxyl groups excluding tert-OH is 1. The molecule has 59 valence electrons. The Bertz CT molecular complexity index is 206. The van der Waals surface area contributed by atoms with E-state index in [1.54, 1.807) is 0 Å². The molecule has 1 N–H and O–H groups in total. The van der Waals surface area contributed by atoms with Crippen LogP contribution in [0.3, 0.4) is 0 Å². The molecule has 0 aromatic heterocycles. The lowest BCUT2D eigenvalue weighted by Gasteiger charge is -2.08. The van der Waals surface area contributed by atoms with E-state index in [-0.39, 0.29) is 6.54 Å². The molecule has 0 aliphatic carbocycles. The lowest BCUT2D eigenvalue weighted by Crippen LogP contribution is -2.29. The molecule has 3 amide bonds. The lowest BCUT2D eigenvalue weighted by atomic mass is 10.2. The number of carbonyl (C=O) groups is 2. The topological polar surface area (TPSA) is 71.7 Å². The Morgan fingerprint density at radius 1 is 1.55 bits per heavy atom. The van der Waals surface area contributed by atoms with Crippen LogP contribution in [0.2, 0.25) is 0 Å². The van der Waals surface area contributed by atoms with Crippen LogP contribution in [-0.4, -0.2) is 40.6 Å². The highest BCUT2D eigenvalue weighted by Gasteiger charge is 2.46. The molecular formula is C6H7N2O3. The highest BCUT2D eigenvalue weighted by atomic mass is 16.3. The molecule has 2 saturated heterocycles. The predicted molar refractivity (Wildman–Crippen MR) is 33.7 cm³/mol. The second kappa shape index (κ2) is 1.94. The molecule has 2 atom stereocenters. The number of rotatable bonds is 0. The summed E-state index contributed by atoms with van der Waals surface area (Å²) in [4.78, 5) is 23.0. The van der Waals surface area contributed by atoms with E-state index in [0.29, 0.717) is 6.42 Å². The van der Waals surface area contributed by atoms with E-state index < -0.39 is 24.1 Å². The van der Waals surface area contributed by atoms with Crippen molar-refractivity contribution in [3.05, 3.63) is 0 Å². The minimum Gasteiger partial charge on any atom is -0.391 e. The maximum atomic E-state index is 10.9. The Hall–Kier alpha value is -1.10. The van der Waals surface area contributed by atoms with Crippen molar-refractivity contribution in [2.24, 2.45) is 0 Å². The molecule has 2 fully saturated rings. The van der Waals surface area contributed by atoms with E-state index >= 15 is 0 Å². The van der Waals surface area contributed by atoms with Crippen molar-refractivity contribution in [3.63, 3.8) is 0 Å². The molecule has 0 aromatic carbocycles. The summed E-state index contributed by atoms with van der Waals surface area (Å²) in [5.74, 6) is -0.411. The predicted octanol–water partition coefficient (Wildman–Crippen LogP) is -1.31. The summed E-state index contributed by atoms with van der Waals surface area (Å²) in [5, 5.41) is 12.3. The Morgan fingerprint density at radius 3 is 2.91 bits per heavy atom. The summed E-state index contributed by atoms with van der Waals surface area (Å²) in [6.45, 7) is 0.249. The standard InChI is InChI=1S/C6H7N2O3/c9-3-1-4-5(10)7-6(11)8(4)2-3/h3-4,9H,1-2H2/t3-,4+/m1/s1. The zero-order valence-corrected chi connectivity index (χ0v) is 5.73. The van der Waals surface area contributed by atoms with Crippen LogP contribution in [-0.2, 0) is 4.79 Å². The molecule has 2 rings (SSSR count). The number of imide groups is 1. The zero-order chi connectivity index (χ0) is 8.01. The first-order chi connectivity index (χ1) is 5.18. The summed E-state index contributed by atoms with van der Waals surface area (Å²) in [6, 6.07) is -0.978.